The van der Waals surface area contributed by atoms with E-state index in [0.29, 0.717) is 16.3 Å². The van der Waals surface area contributed by atoms with Crippen LogP contribution in [0.4, 0.5) is 0 Å². The van der Waals surface area contributed by atoms with Crippen molar-refractivity contribution >= 4 is 23.4 Å². The second kappa shape index (κ2) is 8.57. The van der Waals surface area contributed by atoms with Crippen LogP contribution in [0.5, 0.6) is 11.5 Å². The van der Waals surface area contributed by atoms with E-state index in [2.05, 4.69) is 22.1 Å². The number of carbonyl (C=O) groups is 2. The number of halogens is 1. The van der Waals surface area contributed by atoms with E-state index in [0.717, 1.165) is 0 Å². The fourth-order valence-corrected chi connectivity index (χ4v) is 1.86. The second-order valence-corrected chi connectivity index (χ2v) is 5.22. The lowest BCUT2D eigenvalue weighted by Gasteiger charge is -2.04. The van der Waals surface area contributed by atoms with Crippen LogP contribution in [0.15, 0.2) is 36.5 Å². The Labute approximate surface area is 148 Å². The molecular formula is C17H14ClN3O4. The summed E-state index contributed by atoms with van der Waals surface area (Å²) in [5, 5.41) is 12.7. The molecule has 0 spiro atoms. The minimum atomic E-state index is -0.707. The fraction of sp³-hybridized carbons (Fsp3) is 0.118. The molecule has 2 aromatic rings. The molecule has 0 fully saturated rings. The zero-order valence-corrected chi connectivity index (χ0v) is 13.7. The number of hydrogen-bond acceptors (Lipinski definition) is 5. The molecule has 0 aliphatic carbocycles. The first-order chi connectivity index (χ1) is 12.0. The van der Waals surface area contributed by atoms with Gasteiger partial charge >= 0.3 is 0 Å². The molecule has 7 nitrogen and oxygen atoms in total. The van der Waals surface area contributed by atoms with Gasteiger partial charge in [0, 0.05) is 16.8 Å². The third kappa shape index (κ3) is 5.71. The van der Waals surface area contributed by atoms with Crippen molar-refractivity contribution in [1.82, 2.24) is 10.3 Å². The molecule has 2 rings (SSSR count). The predicted molar refractivity (Wildman–Crippen MR) is 91.3 cm³/mol. The van der Waals surface area contributed by atoms with Crippen LogP contribution in [0.2, 0.25) is 5.02 Å². The number of nitrogens with two attached hydrogens (primary N) is 1. The third-order valence-corrected chi connectivity index (χ3v) is 3.12. The van der Waals surface area contributed by atoms with Gasteiger partial charge in [0.05, 0.1) is 6.54 Å². The summed E-state index contributed by atoms with van der Waals surface area (Å²) >= 11 is 5.77. The highest BCUT2D eigenvalue weighted by molar-refractivity contribution is 6.30. The molecule has 0 atom stereocenters. The Balaban J connectivity index is 1.95. The number of benzene rings is 1. The van der Waals surface area contributed by atoms with Crippen molar-refractivity contribution in [1.29, 1.82) is 0 Å². The topological polar surface area (TPSA) is 115 Å². The van der Waals surface area contributed by atoms with Crippen LogP contribution >= 0.6 is 11.6 Å². The lowest BCUT2D eigenvalue weighted by atomic mass is 10.2. The first-order valence-corrected chi connectivity index (χ1v) is 7.46. The summed E-state index contributed by atoms with van der Waals surface area (Å²) in [6, 6.07) is 8.14. The van der Waals surface area contributed by atoms with Gasteiger partial charge in [-0.25, -0.2) is 4.98 Å². The molecule has 128 valence electrons. The second-order valence-electron chi connectivity index (χ2n) is 4.79. The van der Waals surface area contributed by atoms with Crippen molar-refractivity contribution < 1.29 is 19.4 Å². The number of ether oxygens (including phenoxy) is 1. The normalized spacial score (nSPS) is 9.64. The first kappa shape index (κ1) is 18.1. The number of hydrogen-bond donors (Lipinski definition) is 3. The lowest BCUT2D eigenvalue weighted by Crippen LogP contribution is -2.33. The molecule has 1 aromatic heterocycles. The Morgan fingerprint density at radius 2 is 2.04 bits per heavy atom. The van der Waals surface area contributed by atoms with Gasteiger partial charge in [0.1, 0.15) is 18.1 Å². The van der Waals surface area contributed by atoms with Crippen LogP contribution in [0.1, 0.15) is 16.1 Å². The zero-order chi connectivity index (χ0) is 18.2. The Hall–Kier alpha value is -3.24. The highest BCUT2D eigenvalue weighted by Crippen LogP contribution is 2.16. The predicted octanol–water partition coefficient (Wildman–Crippen LogP) is 1.09. The summed E-state index contributed by atoms with van der Waals surface area (Å²) in [5.74, 6) is 4.38. The van der Waals surface area contributed by atoms with E-state index in [9.17, 15) is 14.7 Å². The molecule has 25 heavy (non-hydrogen) atoms. The molecule has 0 aliphatic rings. The lowest BCUT2D eigenvalue weighted by molar-refractivity contribution is -0.117. The number of rotatable bonds is 5. The highest BCUT2D eigenvalue weighted by Gasteiger charge is 2.13. The molecule has 0 saturated heterocycles. The van der Waals surface area contributed by atoms with Crippen LogP contribution in [-0.2, 0) is 4.79 Å². The third-order valence-electron chi connectivity index (χ3n) is 2.86. The van der Waals surface area contributed by atoms with Gasteiger partial charge in [0.15, 0.2) is 5.69 Å². The average Bonchev–Trinajstić information content (AvgIpc) is 2.58. The SMILES string of the molecule is NC(=O)CNC(=O)c1ncc(C#CCOc2ccc(Cl)cc2)cc1O. The molecule has 1 heterocycles. The van der Waals surface area contributed by atoms with Crippen molar-refractivity contribution in [3.8, 4) is 23.3 Å². The van der Waals surface area contributed by atoms with Crippen LogP contribution in [0, 0.1) is 11.8 Å². The number of aromatic hydroxyl groups is 1. The van der Waals surface area contributed by atoms with E-state index in [-0.39, 0.29) is 24.6 Å². The number of amides is 2. The largest absolute Gasteiger partial charge is 0.505 e. The fourth-order valence-electron chi connectivity index (χ4n) is 1.74. The van der Waals surface area contributed by atoms with Crippen LogP contribution in [0.3, 0.4) is 0 Å². The standard InChI is InChI=1S/C17H14ClN3O4/c18-12-3-5-13(6-4-12)25-7-1-2-11-8-14(22)16(20-9-11)17(24)21-10-15(19)23/h3-6,8-9,22H,7,10H2,(H2,19,23)(H,21,24). The maximum atomic E-state index is 11.7. The van der Waals surface area contributed by atoms with Crippen molar-refractivity contribution in [3.05, 3.63) is 52.8 Å². The summed E-state index contributed by atoms with van der Waals surface area (Å²) in [6.07, 6.45) is 1.33. The maximum absolute atomic E-state index is 11.7. The summed E-state index contributed by atoms with van der Waals surface area (Å²) in [5.41, 5.74) is 5.11. The van der Waals surface area contributed by atoms with Gasteiger partial charge in [-0.1, -0.05) is 23.4 Å². The molecule has 1 aromatic carbocycles. The van der Waals surface area contributed by atoms with E-state index >= 15 is 0 Å². The van der Waals surface area contributed by atoms with Crippen LogP contribution in [-0.4, -0.2) is 35.1 Å². The molecular weight excluding hydrogens is 346 g/mol. The average molecular weight is 360 g/mol. The zero-order valence-electron chi connectivity index (χ0n) is 13.0. The number of primary amides is 1. The number of carbonyl (C=O) groups excluding carboxylic acids is 2. The Morgan fingerprint density at radius 1 is 1.32 bits per heavy atom. The Kier molecular flexibility index (Phi) is 6.20. The number of pyridine rings is 1. The van der Waals surface area contributed by atoms with Crippen molar-refractivity contribution in [2.45, 2.75) is 0 Å². The number of aromatic nitrogens is 1. The summed E-state index contributed by atoms with van der Waals surface area (Å²) in [6.45, 7) is -0.215. The highest BCUT2D eigenvalue weighted by atomic mass is 35.5. The van der Waals surface area contributed by atoms with Gasteiger partial charge in [-0.3, -0.25) is 9.59 Å². The molecule has 0 radical (unpaired) electrons. The van der Waals surface area contributed by atoms with Crippen molar-refractivity contribution in [2.75, 3.05) is 13.2 Å². The van der Waals surface area contributed by atoms with Gasteiger partial charge in [-0.15, -0.1) is 0 Å². The maximum Gasteiger partial charge on any atom is 0.274 e. The monoisotopic (exact) mass is 359 g/mol. The van der Waals surface area contributed by atoms with E-state index in [4.69, 9.17) is 22.1 Å². The van der Waals surface area contributed by atoms with Gasteiger partial charge in [-0.05, 0) is 30.3 Å². The summed E-state index contributed by atoms with van der Waals surface area (Å²) < 4.78 is 5.41. The number of nitrogens with one attached hydrogen (secondary N) is 1. The van der Waals surface area contributed by atoms with Crippen LogP contribution in [0.25, 0.3) is 0 Å². The quantitative estimate of drug-likeness (QED) is 0.691. The molecule has 0 unspecified atom stereocenters. The molecule has 0 bridgehead atoms. The molecule has 0 aliphatic heterocycles. The summed E-state index contributed by atoms with van der Waals surface area (Å²) in [4.78, 5) is 26.2. The minimum Gasteiger partial charge on any atom is -0.505 e. The van der Waals surface area contributed by atoms with E-state index in [1.165, 1.54) is 12.3 Å². The Morgan fingerprint density at radius 3 is 2.68 bits per heavy atom. The molecule has 8 heteroatoms. The van der Waals surface area contributed by atoms with Gasteiger partial charge in [-0.2, -0.15) is 0 Å². The Bertz CT molecular complexity index is 841. The summed E-state index contributed by atoms with van der Waals surface area (Å²) in [7, 11) is 0. The van der Waals surface area contributed by atoms with E-state index < -0.39 is 11.8 Å². The first-order valence-electron chi connectivity index (χ1n) is 7.08. The van der Waals surface area contributed by atoms with E-state index in [1.807, 2.05) is 0 Å². The number of nitrogens with zero attached hydrogens (tertiary/aromatic N) is 1. The van der Waals surface area contributed by atoms with Crippen molar-refractivity contribution in [2.24, 2.45) is 5.73 Å². The molecule has 4 N–H and O–H groups in total. The van der Waals surface area contributed by atoms with E-state index in [1.54, 1.807) is 24.3 Å². The molecule has 2 amide bonds. The van der Waals surface area contributed by atoms with Gasteiger partial charge in [0.2, 0.25) is 5.91 Å². The minimum absolute atomic E-state index is 0.128. The molecule has 0 saturated carbocycles. The van der Waals surface area contributed by atoms with Gasteiger partial charge < -0.3 is 20.9 Å². The smallest absolute Gasteiger partial charge is 0.274 e. The van der Waals surface area contributed by atoms with Crippen LogP contribution < -0.4 is 15.8 Å². The van der Waals surface area contributed by atoms with Crippen molar-refractivity contribution in [3.63, 3.8) is 0 Å². The van der Waals surface area contributed by atoms with Gasteiger partial charge in [0.25, 0.3) is 5.91 Å².